The highest BCUT2D eigenvalue weighted by Gasteiger charge is 2.24. The van der Waals surface area contributed by atoms with Gasteiger partial charge in [-0.3, -0.25) is 5.32 Å². The second-order valence-electron chi connectivity index (χ2n) is 7.26. The fourth-order valence-corrected chi connectivity index (χ4v) is 3.89. The lowest BCUT2D eigenvalue weighted by Gasteiger charge is -2.28. The van der Waals surface area contributed by atoms with Crippen LogP contribution < -0.4 is 20.4 Å². The van der Waals surface area contributed by atoms with Crippen LogP contribution in [0.3, 0.4) is 0 Å². The first kappa shape index (κ1) is 18.6. The number of ether oxygens (including phenoxy) is 1. The lowest BCUT2D eigenvalue weighted by Crippen LogP contribution is -2.39. The number of hydrogen-bond donors (Lipinski definition) is 2. The van der Waals surface area contributed by atoms with Crippen LogP contribution in [0.1, 0.15) is 12.5 Å². The molecule has 2 N–H and O–H groups in total. The minimum absolute atomic E-state index is 0.230. The molecule has 1 aromatic carbocycles. The SMILES string of the molecule is CC1Cc2ccccc2N1CCNC(=O)Nc1ccc(N2CCOCC2)cn1. The van der Waals surface area contributed by atoms with E-state index in [1.807, 2.05) is 12.1 Å². The number of amides is 2. The third-order valence-corrected chi connectivity index (χ3v) is 5.35. The molecule has 7 nitrogen and oxygen atoms in total. The van der Waals surface area contributed by atoms with Gasteiger partial charge in [0.05, 0.1) is 25.1 Å². The van der Waals surface area contributed by atoms with E-state index in [2.05, 4.69) is 56.6 Å². The van der Waals surface area contributed by atoms with E-state index in [0.717, 1.165) is 45.0 Å². The molecule has 2 aliphatic rings. The van der Waals surface area contributed by atoms with E-state index in [4.69, 9.17) is 4.74 Å². The summed E-state index contributed by atoms with van der Waals surface area (Å²) in [5, 5.41) is 5.73. The Morgan fingerprint density at radius 1 is 1.21 bits per heavy atom. The van der Waals surface area contributed by atoms with Gasteiger partial charge in [-0.05, 0) is 37.1 Å². The molecule has 28 heavy (non-hydrogen) atoms. The van der Waals surface area contributed by atoms with Gasteiger partial charge in [0.25, 0.3) is 0 Å². The molecule has 0 spiro atoms. The van der Waals surface area contributed by atoms with E-state index in [-0.39, 0.29) is 6.03 Å². The first-order chi connectivity index (χ1) is 13.7. The molecule has 0 bridgehead atoms. The molecule has 2 aromatic rings. The minimum Gasteiger partial charge on any atom is -0.378 e. The molecule has 148 valence electrons. The molecule has 2 amide bonds. The van der Waals surface area contributed by atoms with E-state index in [1.54, 1.807) is 6.20 Å². The summed E-state index contributed by atoms with van der Waals surface area (Å²) in [6.45, 7) is 6.80. The van der Waals surface area contributed by atoms with Crippen molar-refractivity contribution < 1.29 is 9.53 Å². The van der Waals surface area contributed by atoms with Gasteiger partial charge in [-0.25, -0.2) is 9.78 Å². The molecule has 1 fully saturated rings. The van der Waals surface area contributed by atoms with E-state index < -0.39 is 0 Å². The summed E-state index contributed by atoms with van der Waals surface area (Å²) in [6, 6.07) is 12.5. The number of carbonyl (C=O) groups excluding carboxylic acids is 1. The molecule has 1 atom stereocenters. The third-order valence-electron chi connectivity index (χ3n) is 5.35. The van der Waals surface area contributed by atoms with Gasteiger partial charge in [0.2, 0.25) is 0 Å². The van der Waals surface area contributed by atoms with Crippen molar-refractivity contribution in [1.29, 1.82) is 0 Å². The Morgan fingerprint density at radius 3 is 2.82 bits per heavy atom. The van der Waals surface area contributed by atoms with Gasteiger partial charge in [0.15, 0.2) is 0 Å². The molecule has 4 rings (SSSR count). The average molecular weight is 381 g/mol. The topological polar surface area (TPSA) is 69.7 Å². The summed E-state index contributed by atoms with van der Waals surface area (Å²) >= 11 is 0. The van der Waals surface area contributed by atoms with Crippen LogP contribution in [0.4, 0.5) is 22.0 Å². The van der Waals surface area contributed by atoms with Gasteiger partial charge >= 0.3 is 6.03 Å². The van der Waals surface area contributed by atoms with Crippen LogP contribution in [-0.2, 0) is 11.2 Å². The van der Waals surface area contributed by atoms with E-state index in [1.165, 1.54) is 11.3 Å². The van der Waals surface area contributed by atoms with Crippen LogP contribution in [0.25, 0.3) is 0 Å². The van der Waals surface area contributed by atoms with Gasteiger partial charge in [-0.2, -0.15) is 0 Å². The zero-order valence-electron chi connectivity index (χ0n) is 16.2. The second-order valence-corrected chi connectivity index (χ2v) is 7.26. The third kappa shape index (κ3) is 4.20. The van der Waals surface area contributed by atoms with Crippen molar-refractivity contribution in [1.82, 2.24) is 10.3 Å². The van der Waals surface area contributed by atoms with Crippen molar-refractivity contribution in [3.05, 3.63) is 48.2 Å². The number of rotatable bonds is 5. The number of fused-ring (bicyclic) bond motifs is 1. The van der Waals surface area contributed by atoms with Gasteiger partial charge in [-0.1, -0.05) is 18.2 Å². The molecule has 1 saturated heterocycles. The normalized spacial score (nSPS) is 18.7. The summed E-state index contributed by atoms with van der Waals surface area (Å²) in [4.78, 5) is 21.1. The monoisotopic (exact) mass is 381 g/mol. The number of hydrogen-bond acceptors (Lipinski definition) is 5. The summed E-state index contributed by atoms with van der Waals surface area (Å²) < 4.78 is 5.37. The summed E-state index contributed by atoms with van der Waals surface area (Å²) in [5.41, 5.74) is 3.71. The number of para-hydroxylation sites is 1. The number of morpholine rings is 1. The van der Waals surface area contributed by atoms with Crippen LogP contribution in [0.15, 0.2) is 42.6 Å². The molecule has 0 aliphatic carbocycles. The zero-order valence-corrected chi connectivity index (χ0v) is 16.2. The summed E-state index contributed by atoms with van der Waals surface area (Å²) in [7, 11) is 0. The van der Waals surface area contributed by atoms with Crippen molar-refractivity contribution in [2.45, 2.75) is 19.4 Å². The molecule has 1 unspecified atom stereocenters. The Balaban J connectivity index is 1.25. The molecule has 7 heteroatoms. The van der Waals surface area contributed by atoms with Crippen molar-refractivity contribution in [2.24, 2.45) is 0 Å². The largest absolute Gasteiger partial charge is 0.378 e. The lowest BCUT2D eigenvalue weighted by molar-refractivity contribution is 0.122. The molecule has 1 aromatic heterocycles. The van der Waals surface area contributed by atoms with Crippen LogP contribution in [0.2, 0.25) is 0 Å². The molecular formula is C21H27N5O2. The molecule has 2 aliphatic heterocycles. The fraction of sp³-hybridized carbons (Fsp3) is 0.429. The summed E-state index contributed by atoms with van der Waals surface area (Å²) in [6.07, 6.45) is 2.85. The number of carbonyl (C=O) groups is 1. The number of urea groups is 1. The van der Waals surface area contributed by atoms with Gasteiger partial charge < -0.3 is 19.9 Å². The minimum atomic E-state index is -0.230. The summed E-state index contributed by atoms with van der Waals surface area (Å²) in [5.74, 6) is 0.550. The van der Waals surface area contributed by atoms with Crippen molar-refractivity contribution in [3.63, 3.8) is 0 Å². The number of nitrogens with one attached hydrogen (secondary N) is 2. The highest BCUT2D eigenvalue weighted by Crippen LogP contribution is 2.31. The molecular weight excluding hydrogens is 354 g/mol. The lowest BCUT2D eigenvalue weighted by atomic mass is 10.1. The number of aromatic nitrogens is 1. The number of benzene rings is 1. The van der Waals surface area contributed by atoms with Gasteiger partial charge in [0, 0.05) is 37.9 Å². The van der Waals surface area contributed by atoms with Crippen LogP contribution in [0.5, 0.6) is 0 Å². The average Bonchev–Trinajstić information content (AvgIpc) is 3.04. The highest BCUT2D eigenvalue weighted by molar-refractivity contribution is 5.88. The standard InChI is InChI=1S/C21H27N5O2/c1-16-14-17-4-2-3-5-19(17)26(16)9-8-22-21(27)24-20-7-6-18(15-23-20)25-10-12-28-13-11-25/h2-7,15-16H,8-14H2,1H3,(H2,22,23,24,27). The maximum Gasteiger partial charge on any atom is 0.320 e. The molecule has 0 saturated carbocycles. The van der Waals surface area contributed by atoms with Crippen molar-refractivity contribution in [2.75, 3.05) is 54.5 Å². The predicted molar refractivity (Wildman–Crippen MR) is 111 cm³/mol. The maximum atomic E-state index is 12.2. The highest BCUT2D eigenvalue weighted by atomic mass is 16.5. The quantitative estimate of drug-likeness (QED) is 0.833. The molecule has 3 heterocycles. The zero-order chi connectivity index (χ0) is 19.3. The van der Waals surface area contributed by atoms with Crippen LogP contribution >= 0.6 is 0 Å². The first-order valence-corrected chi connectivity index (χ1v) is 9.89. The maximum absolute atomic E-state index is 12.2. The van der Waals surface area contributed by atoms with Crippen molar-refractivity contribution >= 4 is 23.2 Å². The Hall–Kier alpha value is -2.80. The number of nitrogens with zero attached hydrogens (tertiary/aromatic N) is 3. The van der Waals surface area contributed by atoms with Crippen molar-refractivity contribution in [3.8, 4) is 0 Å². The second kappa shape index (κ2) is 8.48. The number of anilines is 3. The first-order valence-electron chi connectivity index (χ1n) is 9.89. The fourth-order valence-electron chi connectivity index (χ4n) is 3.89. The van der Waals surface area contributed by atoms with E-state index in [0.29, 0.717) is 18.4 Å². The Labute approximate surface area is 165 Å². The number of pyridine rings is 1. The van der Waals surface area contributed by atoms with E-state index in [9.17, 15) is 4.79 Å². The predicted octanol–water partition coefficient (Wildman–Crippen LogP) is 2.49. The Kier molecular flexibility index (Phi) is 5.62. The molecule has 0 radical (unpaired) electrons. The smallest absolute Gasteiger partial charge is 0.320 e. The van der Waals surface area contributed by atoms with Gasteiger partial charge in [0.1, 0.15) is 5.82 Å². The van der Waals surface area contributed by atoms with Crippen LogP contribution in [0, 0.1) is 0 Å². The van der Waals surface area contributed by atoms with Crippen LogP contribution in [-0.4, -0.2) is 56.4 Å². The Bertz CT molecular complexity index is 805. The Morgan fingerprint density at radius 2 is 2.04 bits per heavy atom. The van der Waals surface area contributed by atoms with Gasteiger partial charge in [-0.15, -0.1) is 0 Å². The van der Waals surface area contributed by atoms with E-state index >= 15 is 0 Å².